The first-order valence-corrected chi connectivity index (χ1v) is 8.96. The zero-order chi connectivity index (χ0) is 17.9. The minimum absolute atomic E-state index is 0.186. The highest BCUT2D eigenvalue weighted by Gasteiger charge is 2.23. The smallest absolute Gasteiger partial charge is 0.343 e. The van der Waals surface area contributed by atoms with Gasteiger partial charge in [-0.15, -0.1) is 0 Å². The molecule has 0 aliphatic heterocycles. The molecule has 136 valence electrons. The van der Waals surface area contributed by atoms with Gasteiger partial charge in [-0.25, -0.2) is 4.79 Å². The first kappa shape index (κ1) is 20.1. The van der Waals surface area contributed by atoms with E-state index in [0.717, 1.165) is 25.7 Å². The van der Waals surface area contributed by atoms with Crippen molar-refractivity contribution in [3.05, 3.63) is 17.2 Å². The molecule has 0 atom stereocenters. The number of ether oxygens (including phenoxy) is 1. The Morgan fingerprint density at radius 2 is 1.62 bits per heavy atom. The van der Waals surface area contributed by atoms with Crippen LogP contribution in [-0.2, 0) is 6.42 Å². The van der Waals surface area contributed by atoms with Gasteiger partial charge in [0.2, 0.25) is 0 Å². The molecule has 1 aromatic rings. The van der Waals surface area contributed by atoms with Gasteiger partial charge in [0.05, 0.1) is 6.61 Å². The number of carbonyl (C=O) groups is 1. The molecule has 0 radical (unpaired) electrons. The second-order valence-corrected chi connectivity index (χ2v) is 6.13. The molecule has 24 heavy (non-hydrogen) atoms. The number of aryl methyl sites for hydroxylation is 1. The summed E-state index contributed by atoms with van der Waals surface area (Å²) in [6.45, 7) is 4.56. The summed E-state index contributed by atoms with van der Waals surface area (Å²) in [5.74, 6) is -2.16. The van der Waals surface area contributed by atoms with Crippen LogP contribution in [0.15, 0.2) is 6.07 Å². The molecule has 5 heteroatoms. The normalized spacial score (nSPS) is 10.8. The van der Waals surface area contributed by atoms with Gasteiger partial charge in [0, 0.05) is 0 Å². The zero-order valence-electron chi connectivity index (χ0n) is 14.8. The molecule has 0 heterocycles. The highest BCUT2D eigenvalue weighted by atomic mass is 16.5. The van der Waals surface area contributed by atoms with Crippen molar-refractivity contribution in [3.63, 3.8) is 0 Å². The van der Waals surface area contributed by atoms with E-state index in [2.05, 4.69) is 6.92 Å². The van der Waals surface area contributed by atoms with Crippen LogP contribution in [-0.4, -0.2) is 27.9 Å². The van der Waals surface area contributed by atoms with Crippen LogP contribution in [0.3, 0.4) is 0 Å². The lowest BCUT2D eigenvalue weighted by Gasteiger charge is -2.16. The van der Waals surface area contributed by atoms with Crippen LogP contribution in [0, 0.1) is 0 Å². The number of phenols is 2. The van der Waals surface area contributed by atoms with Gasteiger partial charge in [-0.3, -0.25) is 0 Å². The number of carboxylic acid groups (broad SMARTS) is 1. The Kier molecular flexibility index (Phi) is 9.05. The Hall–Kier alpha value is -1.91. The molecule has 0 aromatic heterocycles. The quantitative estimate of drug-likeness (QED) is 0.373. The number of aromatic hydroxyl groups is 2. The first-order valence-electron chi connectivity index (χ1n) is 8.96. The lowest BCUT2D eigenvalue weighted by molar-refractivity contribution is 0.0687. The summed E-state index contributed by atoms with van der Waals surface area (Å²) >= 11 is 0. The fraction of sp³-hybridized carbons (Fsp3) is 0.632. The number of benzene rings is 1. The lowest BCUT2D eigenvalue weighted by atomic mass is 10.0. The summed E-state index contributed by atoms with van der Waals surface area (Å²) in [6.07, 6.45) is 9.38. The molecule has 0 saturated heterocycles. The maximum Gasteiger partial charge on any atom is 0.343 e. The lowest BCUT2D eigenvalue weighted by Crippen LogP contribution is -2.08. The van der Waals surface area contributed by atoms with Crippen LogP contribution in [0.25, 0.3) is 0 Å². The van der Waals surface area contributed by atoms with Crippen LogP contribution in [0.2, 0.25) is 0 Å². The van der Waals surface area contributed by atoms with E-state index in [4.69, 9.17) is 4.74 Å². The molecule has 5 nitrogen and oxygen atoms in total. The van der Waals surface area contributed by atoms with E-state index in [-0.39, 0.29) is 11.3 Å². The number of hydrogen-bond donors (Lipinski definition) is 3. The second-order valence-electron chi connectivity index (χ2n) is 6.13. The summed E-state index contributed by atoms with van der Waals surface area (Å²) in [4.78, 5) is 11.4. The number of rotatable bonds is 12. The van der Waals surface area contributed by atoms with Crippen molar-refractivity contribution in [3.8, 4) is 17.2 Å². The predicted octanol–water partition coefficient (Wildman–Crippen LogP) is 4.88. The fourth-order valence-electron chi connectivity index (χ4n) is 2.75. The van der Waals surface area contributed by atoms with Crippen LogP contribution in [0.5, 0.6) is 17.2 Å². The third-order valence-electron chi connectivity index (χ3n) is 4.04. The van der Waals surface area contributed by atoms with Crippen molar-refractivity contribution < 1.29 is 24.9 Å². The number of unbranched alkanes of at least 4 members (excludes halogenated alkanes) is 6. The Bertz CT molecular complexity index is 525. The highest BCUT2D eigenvalue weighted by Crippen LogP contribution is 2.39. The number of aromatic carboxylic acids is 1. The van der Waals surface area contributed by atoms with Gasteiger partial charge in [-0.2, -0.15) is 0 Å². The summed E-state index contributed by atoms with van der Waals surface area (Å²) in [7, 11) is 0. The Labute approximate surface area is 144 Å². The largest absolute Gasteiger partial charge is 0.504 e. The van der Waals surface area contributed by atoms with Crippen LogP contribution < -0.4 is 4.74 Å². The summed E-state index contributed by atoms with van der Waals surface area (Å²) in [5, 5.41) is 28.9. The average Bonchev–Trinajstić information content (AvgIpc) is 2.54. The van der Waals surface area contributed by atoms with Gasteiger partial charge < -0.3 is 20.1 Å². The van der Waals surface area contributed by atoms with Gasteiger partial charge in [0.1, 0.15) is 11.3 Å². The van der Waals surface area contributed by atoms with Gasteiger partial charge in [0.25, 0.3) is 0 Å². The molecule has 1 aromatic carbocycles. The van der Waals surface area contributed by atoms with Gasteiger partial charge in [0.15, 0.2) is 11.5 Å². The topological polar surface area (TPSA) is 87.0 Å². The SMILES string of the molecule is CCCCCCCCCOc1c(CCC)cc(O)c(O)c1C(=O)O. The third-order valence-corrected chi connectivity index (χ3v) is 4.04. The van der Waals surface area contributed by atoms with Crippen molar-refractivity contribution in [1.82, 2.24) is 0 Å². The van der Waals surface area contributed by atoms with E-state index in [1.54, 1.807) is 0 Å². The van der Waals surface area contributed by atoms with E-state index >= 15 is 0 Å². The van der Waals surface area contributed by atoms with Crippen molar-refractivity contribution in [2.45, 2.75) is 71.6 Å². The van der Waals surface area contributed by atoms with Crippen molar-refractivity contribution in [1.29, 1.82) is 0 Å². The fourth-order valence-corrected chi connectivity index (χ4v) is 2.75. The highest BCUT2D eigenvalue weighted by molar-refractivity contribution is 5.95. The van der Waals surface area contributed by atoms with Gasteiger partial charge in [-0.05, 0) is 24.5 Å². The second kappa shape index (κ2) is 10.8. The van der Waals surface area contributed by atoms with Gasteiger partial charge >= 0.3 is 5.97 Å². The van der Waals surface area contributed by atoms with E-state index in [1.165, 1.54) is 31.7 Å². The Balaban J connectivity index is 2.68. The molecule has 3 N–H and O–H groups in total. The van der Waals surface area contributed by atoms with E-state index in [1.807, 2.05) is 6.92 Å². The minimum atomic E-state index is -1.30. The van der Waals surface area contributed by atoms with Crippen LogP contribution in [0.4, 0.5) is 0 Å². The van der Waals surface area contributed by atoms with Crippen LogP contribution >= 0.6 is 0 Å². The monoisotopic (exact) mass is 338 g/mol. The minimum Gasteiger partial charge on any atom is -0.504 e. The van der Waals surface area contributed by atoms with Crippen molar-refractivity contribution in [2.75, 3.05) is 6.61 Å². The number of carboxylic acids is 1. The zero-order valence-corrected chi connectivity index (χ0v) is 14.8. The van der Waals surface area contributed by atoms with E-state index in [9.17, 15) is 20.1 Å². The molecule has 0 unspecified atom stereocenters. The Morgan fingerprint density at radius 1 is 1.00 bits per heavy atom. The molecule has 0 bridgehead atoms. The molecule has 0 aliphatic carbocycles. The molecule has 0 spiro atoms. The summed E-state index contributed by atoms with van der Waals surface area (Å²) < 4.78 is 5.69. The molecule has 1 rings (SSSR count). The third kappa shape index (κ3) is 5.95. The predicted molar refractivity (Wildman–Crippen MR) is 94.2 cm³/mol. The molecule has 0 amide bonds. The molecule has 0 saturated carbocycles. The maximum atomic E-state index is 11.4. The molecule has 0 fully saturated rings. The first-order chi connectivity index (χ1) is 11.5. The van der Waals surface area contributed by atoms with Crippen LogP contribution in [0.1, 0.15) is 81.1 Å². The standard InChI is InChI=1S/C19H30O5/c1-3-5-6-7-8-9-10-12-24-18-14(11-4-2)13-15(20)17(21)16(18)19(22)23/h13,20-21H,3-12H2,1-2H3,(H,22,23). The maximum absolute atomic E-state index is 11.4. The average molecular weight is 338 g/mol. The number of hydrogen-bond acceptors (Lipinski definition) is 4. The Morgan fingerprint density at radius 3 is 2.21 bits per heavy atom. The van der Waals surface area contributed by atoms with Crippen molar-refractivity contribution in [2.24, 2.45) is 0 Å². The number of phenolic OH excluding ortho intramolecular Hbond substituents is 1. The van der Waals surface area contributed by atoms with E-state index in [0.29, 0.717) is 18.6 Å². The van der Waals surface area contributed by atoms with Gasteiger partial charge in [-0.1, -0.05) is 58.8 Å². The molecular weight excluding hydrogens is 308 g/mol. The molecule has 0 aliphatic rings. The van der Waals surface area contributed by atoms with Crippen molar-refractivity contribution >= 4 is 5.97 Å². The van der Waals surface area contributed by atoms with E-state index < -0.39 is 17.5 Å². The summed E-state index contributed by atoms with van der Waals surface area (Å²) in [6, 6.07) is 1.39. The molecular formula is C19H30O5. The summed E-state index contributed by atoms with van der Waals surface area (Å²) in [5.41, 5.74) is 0.273.